The molecule has 0 aliphatic carbocycles. The zero-order valence-electron chi connectivity index (χ0n) is 18.3. The normalized spacial score (nSPS) is 16.4. The molecule has 1 aliphatic heterocycles. The van der Waals surface area contributed by atoms with Crippen LogP contribution in [0.5, 0.6) is 0 Å². The van der Waals surface area contributed by atoms with E-state index < -0.39 is 0 Å². The van der Waals surface area contributed by atoms with Gasteiger partial charge in [0.2, 0.25) is 0 Å². The second-order valence-corrected chi connectivity index (χ2v) is 8.78. The van der Waals surface area contributed by atoms with Crippen LogP contribution >= 0.6 is 0 Å². The molecule has 1 atom stereocenters. The van der Waals surface area contributed by atoms with Crippen LogP contribution in [0.15, 0.2) is 66.7 Å². The fourth-order valence-electron chi connectivity index (χ4n) is 5.07. The molecule has 164 valence electrons. The highest BCUT2D eigenvalue weighted by Crippen LogP contribution is 2.34. The number of nitrogens with zero attached hydrogens (tertiary/aromatic N) is 4. The number of piperidine rings is 1. The van der Waals surface area contributed by atoms with Crippen molar-refractivity contribution in [1.29, 1.82) is 0 Å². The van der Waals surface area contributed by atoms with Crippen LogP contribution in [0, 0.1) is 0 Å². The third-order valence-corrected chi connectivity index (χ3v) is 6.75. The predicted molar refractivity (Wildman–Crippen MR) is 128 cm³/mol. The van der Waals surface area contributed by atoms with E-state index >= 15 is 0 Å². The van der Waals surface area contributed by atoms with E-state index in [4.69, 9.17) is 5.73 Å². The zero-order valence-corrected chi connectivity index (χ0v) is 18.3. The van der Waals surface area contributed by atoms with Crippen LogP contribution in [0.1, 0.15) is 54.2 Å². The molecule has 1 aliphatic rings. The number of nitrogens with one attached hydrogen (secondary N) is 1. The van der Waals surface area contributed by atoms with E-state index in [1.165, 1.54) is 37.1 Å². The maximum Gasteiger partial charge on any atom is 0.178 e. The van der Waals surface area contributed by atoms with Gasteiger partial charge in [-0.2, -0.15) is 0 Å². The van der Waals surface area contributed by atoms with Gasteiger partial charge in [-0.05, 0) is 74.0 Å². The summed E-state index contributed by atoms with van der Waals surface area (Å²) in [7, 11) is 0. The van der Waals surface area contributed by atoms with Gasteiger partial charge in [-0.25, -0.2) is 10.1 Å². The van der Waals surface area contributed by atoms with E-state index in [1.54, 1.807) is 0 Å². The van der Waals surface area contributed by atoms with Crippen molar-refractivity contribution in [2.24, 2.45) is 0 Å². The van der Waals surface area contributed by atoms with Crippen molar-refractivity contribution in [3.05, 3.63) is 83.4 Å². The smallest absolute Gasteiger partial charge is 0.178 e. The van der Waals surface area contributed by atoms with Crippen LogP contribution in [-0.2, 0) is 0 Å². The van der Waals surface area contributed by atoms with E-state index in [0.29, 0.717) is 17.4 Å². The number of H-pyrrole nitrogens is 1. The van der Waals surface area contributed by atoms with Crippen LogP contribution in [-0.4, -0.2) is 44.9 Å². The number of rotatable bonds is 7. The summed E-state index contributed by atoms with van der Waals surface area (Å²) in [6.45, 7) is 3.46. The van der Waals surface area contributed by atoms with Crippen molar-refractivity contribution >= 4 is 17.0 Å². The highest BCUT2D eigenvalue weighted by Gasteiger charge is 2.23. The number of benzene rings is 2. The molecule has 0 saturated carbocycles. The Balaban J connectivity index is 1.26. The molecule has 1 fully saturated rings. The second kappa shape index (κ2) is 9.49. The molecule has 3 heterocycles. The lowest BCUT2D eigenvalue weighted by molar-refractivity contribution is 0.208. The van der Waals surface area contributed by atoms with E-state index in [1.807, 2.05) is 6.07 Å². The molecule has 3 N–H and O–H groups in total. The Morgan fingerprint density at radius 1 is 1.00 bits per heavy atom. The van der Waals surface area contributed by atoms with Gasteiger partial charge in [-0.3, -0.25) is 0 Å². The minimum Gasteiger partial charge on any atom is -0.384 e. The Kier molecular flexibility index (Phi) is 6.12. The van der Waals surface area contributed by atoms with Crippen LogP contribution in [0.4, 0.5) is 5.82 Å². The standard InChI is InChI=1S/C26H30N6/c27-24-18-23(25-26(28-24)30-31-29-25)22(21-10-5-2-6-11-21)12-7-15-32-16-13-20(14-17-32)19-8-3-1-4-9-19/h1-6,8-11,18,20,22H,7,12-17H2,(H3,27,28,29,30,31). The first-order valence-electron chi connectivity index (χ1n) is 11.6. The maximum absolute atomic E-state index is 6.11. The van der Waals surface area contributed by atoms with Crippen LogP contribution in [0.25, 0.3) is 11.2 Å². The lowest BCUT2D eigenvalue weighted by atomic mass is 9.86. The Morgan fingerprint density at radius 3 is 2.47 bits per heavy atom. The number of fused-ring (bicyclic) bond motifs is 1. The van der Waals surface area contributed by atoms with Gasteiger partial charge in [0.15, 0.2) is 5.65 Å². The number of pyridine rings is 1. The molecule has 6 nitrogen and oxygen atoms in total. The fraction of sp³-hybridized carbons (Fsp3) is 0.346. The van der Waals surface area contributed by atoms with Crippen molar-refractivity contribution in [1.82, 2.24) is 25.3 Å². The van der Waals surface area contributed by atoms with Crippen molar-refractivity contribution in [2.45, 2.75) is 37.5 Å². The van der Waals surface area contributed by atoms with Gasteiger partial charge >= 0.3 is 0 Å². The summed E-state index contributed by atoms with van der Waals surface area (Å²) < 4.78 is 0. The Morgan fingerprint density at radius 2 is 1.72 bits per heavy atom. The van der Waals surface area contributed by atoms with Gasteiger partial charge < -0.3 is 10.6 Å². The topological polar surface area (TPSA) is 83.7 Å². The number of likely N-dealkylation sites (tertiary alicyclic amines) is 1. The van der Waals surface area contributed by atoms with Crippen LogP contribution < -0.4 is 5.73 Å². The molecule has 0 radical (unpaired) electrons. The summed E-state index contributed by atoms with van der Waals surface area (Å²) in [5.74, 6) is 1.42. The Hall–Kier alpha value is -3.25. The zero-order chi connectivity index (χ0) is 21.8. The molecule has 0 bridgehead atoms. The van der Waals surface area contributed by atoms with Crippen molar-refractivity contribution < 1.29 is 0 Å². The van der Waals surface area contributed by atoms with Crippen molar-refractivity contribution in [2.75, 3.05) is 25.4 Å². The van der Waals surface area contributed by atoms with Crippen LogP contribution in [0.3, 0.4) is 0 Å². The molecule has 6 heteroatoms. The highest BCUT2D eigenvalue weighted by molar-refractivity contribution is 5.77. The van der Waals surface area contributed by atoms with Gasteiger partial charge in [-0.15, -0.1) is 5.10 Å². The number of nitrogens with two attached hydrogens (primary N) is 1. The summed E-state index contributed by atoms with van der Waals surface area (Å²) in [6, 6.07) is 23.6. The molecular formula is C26H30N6. The number of hydrogen-bond acceptors (Lipinski definition) is 5. The lowest BCUT2D eigenvalue weighted by Gasteiger charge is -2.32. The van der Waals surface area contributed by atoms with E-state index in [-0.39, 0.29) is 5.92 Å². The SMILES string of the molecule is Nc1cc(C(CCCN2CCC(c3ccccc3)CC2)c2ccccc2)c2nn[nH]c2n1. The Bertz CT molecular complexity index is 1130. The van der Waals surface area contributed by atoms with Crippen LogP contribution in [0.2, 0.25) is 0 Å². The monoisotopic (exact) mass is 426 g/mol. The van der Waals surface area contributed by atoms with Gasteiger partial charge in [0.1, 0.15) is 11.3 Å². The van der Waals surface area contributed by atoms with Gasteiger partial charge in [-0.1, -0.05) is 65.9 Å². The average Bonchev–Trinajstić information content (AvgIpc) is 3.31. The predicted octanol–water partition coefficient (Wildman–Crippen LogP) is 4.73. The van der Waals surface area contributed by atoms with Crippen molar-refractivity contribution in [3.8, 4) is 0 Å². The molecule has 2 aromatic carbocycles. The molecule has 0 spiro atoms. The first kappa shape index (κ1) is 20.6. The quantitative estimate of drug-likeness (QED) is 0.446. The third kappa shape index (κ3) is 4.50. The number of aromatic amines is 1. The fourth-order valence-corrected chi connectivity index (χ4v) is 5.07. The molecule has 1 unspecified atom stereocenters. The van der Waals surface area contributed by atoms with Gasteiger partial charge in [0, 0.05) is 5.92 Å². The summed E-state index contributed by atoms with van der Waals surface area (Å²) in [4.78, 5) is 6.97. The largest absolute Gasteiger partial charge is 0.384 e. The van der Waals surface area contributed by atoms with E-state index in [9.17, 15) is 0 Å². The number of hydrogen-bond donors (Lipinski definition) is 2. The molecule has 2 aromatic heterocycles. The maximum atomic E-state index is 6.11. The van der Waals surface area contributed by atoms with E-state index in [2.05, 4.69) is 86.0 Å². The average molecular weight is 427 g/mol. The molecule has 1 saturated heterocycles. The summed E-state index contributed by atoms with van der Waals surface area (Å²) in [5.41, 5.74) is 11.5. The van der Waals surface area contributed by atoms with Crippen molar-refractivity contribution in [3.63, 3.8) is 0 Å². The summed E-state index contributed by atoms with van der Waals surface area (Å²) in [6.07, 6.45) is 4.64. The molecule has 32 heavy (non-hydrogen) atoms. The second-order valence-electron chi connectivity index (χ2n) is 8.78. The number of nitrogen functional groups attached to an aromatic ring is 1. The summed E-state index contributed by atoms with van der Waals surface area (Å²) in [5, 5.41) is 11.1. The molecule has 5 rings (SSSR count). The molecular weight excluding hydrogens is 396 g/mol. The molecule has 0 amide bonds. The molecule has 4 aromatic rings. The van der Waals surface area contributed by atoms with Gasteiger partial charge in [0.05, 0.1) is 0 Å². The van der Waals surface area contributed by atoms with Gasteiger partial charge in [0.25, 0.3) is 0 Å². The first-order valence-corrected chi connectivity index (χ1v) is 11.6. The lowest BCUT2D eigenvalue weighted by Crippen LogP contribution is -2.33. The first-order chi connectivity index (χ1) is 15.8. The van der Waals surface area contributed by atoms with E-state index in [0.717, 1.165) is 30.5 Å². The minimum atomic E-state index is 0.218. The highest BCUT2D eigenvalue weighted by atomic mass is 15.3. The number of anilines is 1. The third-order valence-electron chi connectivity index (χ3n) is 6.75. The summed E-state index contributed by atoms with van der Waals surface area (Å²) >= 11 is 0. The minimum absolute atomic E-state index is 0.218. The number of aromatic nitrogens is 4. The Labute approximate surface area is 188 Å².